The third-order valence-electron chi connectivity index (χ3n) is 5.03. The summed E-state index contributed by atoms with van der Waals surface area (Å²) in [5, 5.41) is 1.88. The van der Waals surface area contributed by atoms with Crippen LogP contribution in [-0.4, -0.2) is 55.2 Å². The minimum Gasteiger partial charge on any atom is -0.379 e. The van der Waals surface area contributed by atoms with Crippen LogP contribution in [-0.2, 0) is 4.74 Å². The molecule has 0 N–H and O–H groups in total. The number of amides is 1. The molecule has 0 bridgehead atoms. The molecule has 2 heterocycles. The van der Waals surface area contributed by atoms with Gasteiger partial charge in [-0.3, -0.25) is 14.6 Å². The van der Waals surface area contributed by atoms with Crippen molar-refractivity contribution in [1.29, 1.82) is 0 Å². The van der Waals surface area contributed by atoms with Gasteiger partial charge in [-0.15, -0.1) is 0 Å². The van der Waals surface area contributed by atoms with Gasteiger partial charge in [0, 0.05) is 41.8 Å². The number of ether oxygens (including phenoxy) is 1. The Morgan fingerprint density at radius 1 is 1.24 bits per heavy atom. The molecule has 4 rings (SSSR count). The maximum absolute atomic E-state index is 13.4. The molecule has 1 amide bonds. The standard InChI is InChI=1S/C21H21Cl2N3O2S/c1-14-17(23)5-6-18-19(14)24-21(29-18)26(8-7-25-9-11-28-12-10-25)20(27)15-3-2-4-16(22)13-15/h2-6,13H,7-12H2,1H3. The molecular formula is C21H21Cl2N3O2S. The van der Waals surface area contributed by atoms with Crippen LogP contribution in [0.5, 0.6) is 0 Å². The predicted molar refractivity (Wildman–Crippen MR) is 120 cm³/mol. The monoisotopic (exact) mass is 449 g/mol. The Kier molecular flexibility index (Phi) is 6.37. The number of anilines is 1. The number of nitrogens with zero attached hydrogens (tertiary/aromatic N) is 3. The number of halogens is 2. The summed E-state index contributed by atoms with van der Waals surface area (Å²) in [4.78, 5) is 22.2. The molecule has 0 aliphatic carbocycles. The van der Waals surface area contributed by atoms with Gasteiger partial charge in [-0.05, 0) is 42.8 Å². The summed E-state index contributed by atoms with van der Waals surface area (Å²) in [5.41, 5.74) is 2.32. The summed E-state index contributed by atoms with van der Waals surface area (Å²) < 4.78 is 6.44. The van der Waals surface area contributed by atoms with Crippen molar-refractivity contribution in [2.75, 3.05) is 44.3 Å². The van der Waals surface area contributed by atoms with Gasteiger partial charge < -0.3 is 4.74 Å². The number of carbonyl (C=O) groups is 1. The van der Waals surface area contributed by atoms with E-state index >= 15 is 0 Å². The highest BCUT2D eigenvalue weighted by Crippen LogP contribution is 2.34. The number of fused-ring (bicyclic) bond motifs is 1. The van der Waals surface area contributed by atoms with Gasteiger partial charge in [0.1, 0.15) is 0 Å². The maximum atomic E-state index is 13.4. The lowest BCUT2D eigenvalue weighted by Crippen LogP contribution is -2.43. The zero-order chi connectivity index (χ0) is 20.4. The predicted octanol–water partition coefficient (Wildman–Crippen LogP) is 4.89. The van der Waals surface area contributed by atoms with Crippen molar-refractivity contribution in [3.8, 4) is 0 Å². The zero-order valence-electron chi connectivity index (χ0n) is 16.0. The van der Waals surface area contributed by atoms with Gasteiger partial charge in [0.2, 0.25) is 0 Å². The van der Waals surface area contributed by atoms with Crippen LogP contribution in [0.4, 0.5) is 5.13 Å². The van der Waals surface area contributed by atoms with Gasteiger partial charge in [0.05, 0.1) is 23.4 Å². The van der Waals surface area contributed by atoms with Crippen LogP contribution in [0.15, 0.2) is 36.4 Å². The van der Waals surface area contributed by atoms with E-state index in [1.165, 1.54) is 11.3 Å². The molecule has 1 aliphatic heterocycles. The first-order valence-electron chi connectivity index (χ1n) is 9.46. The topological polar surface area (TPSA) is 45.7 Å². The normalized spacial score (nSPS) is 15.0. The smallest absolute Gasteiger partial charge is 0.260 e. The summed E-state index contributed by atoms with van der Waals surface area (Å²) >= 11 is 13.9. The van der Waals surface area contributed by atoms with E-state index in [1.807, 2.05) is 19.1 Å². The first-order valence-corrected chi connectivity index (χ1v) is 11.0. The summed E-state index contributed by atoms with van der Waals surface area (Å²) in [6.45, 7) is 6.43. The van der Waals surface area contributed by atoms with Gasteiger partial charge in [-0.2, -0.15) is 0 Å². The highest BCUT2D eigenvalue weighted by molar-refractivity contribution is 7.22. The Balaban J connectivity index is 1.67. The Hall–Kier alpha value is -1.70. The van der Waals surface area contributed by atoms with E-state index < -0.39 is 0 Å². The van der Waals surface area contributed by atoms with E-state index in [0.717, 1.165) is 48.6 Å². The summed E-state index contributed by atoms with van der Waals surface area (Å²) in [7, 11) is 0. The molecule has 0 saturated carbocycles. The fraction of sp³-hybridized carbons (Fsp3) is 0.333. The number of carbonyl (C=O) groups excluding carboxylic acids is 1. The lowest BCUT2D eigenvalue weighted by Gasteiger charge is -2.29. The number of thiazole rings is 1. The second kappa shape index (κ2) is 8.98. The minimum absolute atomic E-state index is 0.108. The molecular weight excluding hydrogens is 429 g/mol. The molecule has 1 fully saturated rings. The van der Waals surface area contributed by atoms with Crippen LogP contribution in [0.25, 0.3) is 10.2 Å². The Morgan fingerprint density at radius 2 is 2.03 bits per heavy atom. The van der Waals surface area contributed by atoms with Gasteiger partial charge in [-0.25, -0.2) is 4.98 Å². The summed E-state index contributed by atoms with van der Waals surface area (Å²) in [6, 6.07) is 10.9. The molecule has 0 radical (unpaired) electrons. The quantitative estimate of drug-likeness (QED) is 0.555. The van der Waals surface area contributed by atoms with Crippen molar-refractivity contribution in [3.05, 3.63) is 57.6 Å². The minimum atomic E-state index is -0.108. The Bertz CT molecular complexity index is 1030. The number of benzene rings is 2. The molecule has 3 aromatic rings. The van der Waals surface area contributed by atoms with Crippen molar-refractivity contribution >= 4 is 55.8 Å². The Morgan fingerprint density at radius 3 is 2.79 bits per heavy atom. The van der Waals surface area contributed by atoms with Crippen molar-refractivity contribution in [2.45, 2.75) is 6.92 Å². The van der Waals surface area contributed by atoms with Gasteiger partial charge >= 0.3 is 0 Å². The average molecular weight is 450 g/mol. The molecule has 1 saturated heterocycles. The van der Waals surface area contributed by atoms with Crippen molar-refractivity contribution in [1.82, 2.24) is 9.88 Å². The average Bonchev–Trinajstić information content (AvgIpc) is 3.16. The van der Waals surface area contributed by atoms with Gasteiger partial charge in [0.25, 0.3) is 5.91 Å². The van der Waals surface area contributed by atoms with E-state index in [-0.39, 0.29) is 5.91 Å². The molecule has 0 unspecified atom stereocenters. The molecule has 152 valence electrons. The SMILES string of the molecule is Cc1c(Cl)ccc2sc(N(CCN3CCOCC3)C(=O)c3cccc(Cl)c3)nc12. The number of aromatic nitrogens is 1. The van der Waals surface area contributed by atoms with Crippen LogP contribution >= 0.6 is 34.5 Å². The first kappa shape index (κ1) is 20.6. The molecule has 5 nitrogen and oxygen atoms in total. The molecule has 8 heteroatoms. The Labute approximate surface area is 183 Å². The second-order valence-electron chi connectivity index (χ2n) is 6.94. The van der Waals surface area contributed by atoms with Crippen molar-refractivity contribution in [3.63, 3.8) is 0 Å². The third-order valence-corrected chi connectivity index (χ3v) is 6.72. The second-order valence-corrected chi connectivity index (χ2v) is 8.79. The molecule has 29 heavy (non-hydrogen) atoms. The van der Waals surface area contributed by atoms with Crippen molar-refractivity contribution in [2.24, 2.45) is 0 Å². The largest absolute Gasteiger partial charge is 0.379 e. The van der Waals surface area contributed by atoms with Crippen LogP contribution in [0.3, 0.4) is 0 Å². The highest BCUT2D eigenvalue weighted by atomic mass is 35.5. The lowest BCUT2D eigenvalue weighted by atomic mass is 10.2. The maximum Gasteiger partial charge on any atom is 0.260 e. The molecule has 0 atom stereocenters. The fourth-order valence-electron chi connectivity index (χ4n) is 3.33. The summed E-state index contributed by atoms with van der Waals surface area (Å²) in [5.74, 6) is -0.108. The van der Waals surface area contributed by atoms with E-state index in [4.69, 9.17) is 32.9 Å². The van der Waals surface area contributed by atoms with Crippen LogP contribution in [0.2, 0.25) is 10.0 Å². The lowest BCUT2D eigenvalue weighted by molar-refractivity contribution is 0.0391. The van der Waals surface area contributed by atoms with E-state index in [9.17, 15) is 4.79 Å². The highest BCUT2D eigenvalue weighted by Gasteiger charge is 2.23. The number of rotatable bonds is 5. The number of hydrogen-bond donors (Lipinski definition) is 0. The van der Waals surface area contributed by atoms with E-state index in [2.05, 4.69) is 4.90 Å². The third kappa shape index (κ3) is 4.57. The zero-order valence-corrected chi connectivity index (χ0v) is 18.4. The first-order chi connectivity index (χ1) is 14.0. The molecule has 2 aromatic carbocycles. The van der Waals surface area contributed by atoms with Gasteiger partial charge in [-0.1, -0.05) is 40.6 Å². The molecule has 0 spiro atoms. The van der Waals surface area contributed by atoms with Gasteiger partial charge in [0.15, 0.2) is 5.13 Å². The van der Waals surface area contributed by atoms with E-state index in [1.54, 1.807) is 29.2 Å². The van der Waals surface area contributed by atoms with Crippen molar-refractivity contribution < 1.29 is 9.53 Å². The number of morpholine rings is 1. The van der Waals surface area contributed by atoms with Crippen LogP contribution < -0.4 is 4.90 Å². The fourth-order valence-corrected chi connectivity index (χ4v) is 4.72. The summed E-state index contributed by atoms with van der Waals surface area (Å²) in [6.07, 6.45) is 0. The number of aryl methyl sites for hydroxylation is 1. The molecule has 1 aliphatic rings. The van der Waals surface area contributed by atoms with Crippen LogP contribution in [0.1, 0.15) is 15.9 Å². The number of hydrogen-bond acceptors (Lipinski definition) is 5. The van der Waals surface area contributed by atoms with Crippen LogP contribution in [0, 0.1) is 6.92 Å². The van der Waals surface area contributed by atoms with E-state index in [0.29, 0.717) is 27.3 Å². The molecule has 1 aromatic heterocycles.